The predicted molar refractivity (Wildman–Crippen MR) is 101 cm³/mol. The minimum absolute atomic E-state index is 0.0286. The van der Waals surface area contributed by atoms with E-state index in [2.05, 4.69) is 5.10 Å². The summed E-state index contributed by atoms with van der Waals surface area (Å²) >= 11 is 5.79. The van der Waals surface area contributed by atoms with Gasteiger partial charge in [0.25, 0.3) is 0 Å². The predicted octanol–water partition coefficient (Wildman–Crippen LogP) is 6.56. The lowest BCUT2D eigenvalue weighted by molar-refractivity contribution is -0.136. The van der Waals surface area contributed by atoms with Gasteiger partial charge in [0.1, 0.15) is 11.3 Å². The molecule has 0 saturated carbocycles. The summed E-state index contributed by atoms with van der Waals surface area (Å²) in [5.74, 6) is -0.540. The van der Waals surface area contributed by atoms with Gasteiger partial charge in [0, 0.05) is 21.5 Å². The highest BCUT2D eigenvalue weighted by Crippen LogP contribution is 2.38. The maximum Gasteiger partial charge on any atom is 0.418 e. The van der Waals surface area contributed by atoms with Crippen LogP contribution in [0, 0.1) is 5.82 Å². The lowest BCUT2D eigenvalue weighted by atomic mass is 10.0. The highest BCUT2D eigenvalue weighted by molar-refractivity contribution is 6.30. The zero-order chi connectivity index (χ0) is 19.9. The maximum atomic E-state index is 14.3. The molecule has 0 amide bonds. The molecule has 3 aromatic carbocycles. The van der Waals surface area contributed by atoms with Gasteiger partial charge in [0.05, 0.1) is 17.8 Å². The lowest BCUT2D eigenvalue weighted by Gasteiger charge is -2.09. The van der Waals surface area contributed by atoms with Crippen LogP contribution in [0.3, 0.4) is 0 Å². The van der Waals surface area contributed by atoms with E-state index < -0.39 is 17.6 Å². The Morgan fingerprint density at radius 2 is 1.68 bits per heavy atom. The van der Waals surface area contributed by atoms with Crippen LogP contribution < -0.4 is 0 Å². The third kappa shape index (κ3) is 3.36. The standard InChI is InChI=1S/C21H13ClF4N2/c22-15-10-9-14(18(23)11-15)12-28-20(13-5-2-1-3-6-13)16-7-4-8-17(19(16)27-28)21(24,25)26/h1-11H,12H2. The largest absolute Gasteiger partial charge is 0.418 e. The Labute approximate surface area is 163 Å². The molecule has 142 valence electrons. The molecule has 1 aromatic heterocycles. The summed E-state index contributed by atoms with van der Waals surface area (Å²) in [5, 5.41) is 4.81. The lowest BCUT2D eigenvalue weighted by Crippen LogP contribution is -2.07. The molecule has 0 bridgehead atoms. The van der Waals surface area contributed by atoms with E-state index in [1.807, 2.05) is 6.07 Å². The molecule has 0 spiro atoms. The Kier molecular flexibility index (Phi) is 4.59. The number of nitrogens with zero attached hydrogens (tertiary/aromatic N) is 2. The van der Waals surface area contributed by atoms with E-state index >= 15 is 0 Å². The van der Waals surface area contributed by atoms with Crippen molar-refractivity contribution in [1.82, 2.24) is 9.78 Å². The Morgan fingerprint density at radius 1 is 0.929 bits per heavy atom. The third-order valence-corrected chi connectivity index (χ3v) is 4.69. The van der Waals surface area contributed by atoms with Gasteiger partial charge >= 0.3 is 6.18 Å². The first-order valence-electron chi connectivity index (χ1n) is 8.40. The van der Waals surface area contributed by atoms with E-state index in [1.165, 1.54) is 28.9 Å². The molecule has 0 fully saturated rings. The Bertz CT molecular complexity index is 1150. The van der Waals surface area contributed by atoms with E-state index in [1.54, 1.807) is 30.3 Å². The zero-order valence-corrected chi connectivity index (χ0v) is 15.1. The van der Waals surface area contributed by atoms with Crippen LogP contribution in [0.5, 0.6) is 0 Å². The maximum absolute atomic E-state index is 14.3. The molecule has 28 heavy (non-hydrogen) atoms. The van der Waals surface area contributed by atoms with Gasteiger partial charge in [0.15, 0.2) is 0 Å². The van der Waals surface area contributed by atoms with Crippen LogP contribution in [0.1, 0.15) is 11.1 Å². The van der Waals surface area contributed by atoms with Gasteiger partial charge in [0.2, 0.25) is 0 Å². The van der Waals surface area contributed by atoms with Crippen molar-refractivity contribution in [1.29, 1.82) is 0 Å². The molecule has 0 saturated heterocycles. The van der Waals surface area contributed by atoms with Gasteiger partial charge < -0.3 is 0 Å². The summed E-state index contributed by atoms with van der Waals surface area (Å²) in [4.78, 5) is 0. The fourth-order valence-corrected chi connectivity index (χ4v) is 3.37. The highest BCUT2D eigenvalue weighted by Gasteiger charge is 2.34. The zero-order valence-electron chi connectivity index (χ0n) is 14.3. The number of hydrogen-bond donors (Lipinski definition) is 0. The first-order chi connectivity index (χ1) is 13.3. The summed E-state index contributed by atoms with van der Waals surface area (Å²) in [6.45, 7) is -0.0286. The normalized spacial score (nSPS) is 11.9. The average Bonchev–Trinajstić information content (AvgIpc) is 3.01. The van der Waals surface area contributed by atoms with Crippen molar-refractivity contribution >= 4 is 22.5 Å². The molecule has 0 aliphatic carbocycles. The third-order valence-electron chi connectivity index (χ3n) is 4.46. The van der Waals surface area contributed by atoms with E-state index in [0.717, 1.165) is 6.07 Å². The molecule has 0 N–H and O–H groups in total. The van der Waals surface area contributed by atoms with Gasteiger partial charge in [-0.3, -0.25) is 4.68 Å². The topological polar surface area (TPSA) is 17.8 Å². The number of halogens is 5. The van der Waals surface area contributed by atoms with Crippen LogP contribution in [0.25, 0.3) is 22.2 Å². The quantitative estimate of drug-likeness (QED) is 0.353. The van der Waals surface area contributed by atoms with E-state index in [4.69, 9.17) is 11.6 Å². The summed E-state index contributed by atoms with van der Waals surface area (Å²) in [5.41, 5.74) is 0.485. The van der Waals surface area contributed by atoms with E-state index in [0.29, 0.717) is 16.6 Å². The number of benzene rings is 3. The second-order valence-corrected chi connectivity index (χ2v) is 6.74. The molecule has 0 aliphatic rings. The molecule has 4 rings (SSSR count). The van der Waals surface area contributed by atoms with E-state index in [9.17, 15) is 17.6 Å². The summed E-state index contributed by atoms with van der Waals surface area (Å²) in [6.07, 6.45) is -4.54. The molecule has 0 atom stereocenters. The van der Waals surface area contributed by atoms with Crippen LogP contribution in [0.4, 0.5) is 17.6 Å². The minimum Gasteiger partial charge on any atom is -0.259 e. The summed E-state index contributed by atoms with van der Waals surface area (Å²) < 4.78 is 56.1. The second kappa shape index (κ2) is 6.95. The molecule has 0 radical (unpaired) electrons. The number of hydrogen-bond acceptors (Lipinski definition) is 1. The summed E-state index contributed by atoms with van der Waals surface area (Å²) in [7, 11) is 0. The number of rotatable bonds is 3. The SMILES string of the molecule is Fc1cc(Cl)ccc1Cn1nc2c(C(F)(F)F)cccc2c1-c1ccccc1. The molecule has 2 nitrogen and oxygen atoms in total. The van der Waals surface area contributed by atoms with Crippen molar-refractivity contribution in [3.63, 3.8) is 0 Å². The highest BCUT2D eigenvalue weighted by atomic mass is 35.5. The van der Waals surface area contributed by atoms with Crippen molar-refractivity contribution < 1.29 is 17.6 Å². The molecule has 7 heteroatoms. The van der Waals surface area contributed by atoms with E-state index in [-0.39, 0.29) is 22.6 Å². The van der Waals surface area contributed by atoms with Gasteiger partial charge in [-0.1, -0.05) is 60.1 Å². The first-order valence-corrected chi connectivity index (χ1v) is 8.78. The number of fused-ring (bicyclic) bond motifs is 1. The van der Waals surface area contributed by atoms with Crippen molar-refractivity contribution in [2.24, 2.45) is 0 Å². The molecular weight excluding hydrogens is 392 g/mol. The average molecular weight is 405 g/mol. The Morgan fingerprint density at radius 3 is 2.36 bits per heavy atom. The van der Waals surface area contributed by atoms with Crippen LogP contribution in [0.15, 0.2) is 66.7 Å². The molecule has 1 heterocycles. The van der Waals surface area contributed by atoms with Crippen LogP contribution in [-0.2, 0) is 12.7 Å². The van der Waals surface area contributed by atoms with Crippen molar-refractivity contribution in [2.75, 3.05) is 0 Å². The number of alkyl halides is 3. The summed E-state index contributed by atoms with van der Waals surface area (Å²) in [6, 6.07) is 17.1. The molecule has 0 unspecified atom stereocenters. The van der Waals surface area contributed by atoms with Gasteiger partial charge in [-0.2, -0.15) is 18.3 Å². The van der Waals surface area contributed by atoms with Crippen molar-refractivity contribution in [3.8, 4) is 11.3 Å². The Hall–Kier alpha value is -2.86. The number of aromatic nitrogens is 2. The fourth-order valence-electron chi connectivity index (χ4n) is 3.21. The van der Waals surface area contributed by atoms with Crippen molar-refractivity contribution in [2.45, 2.75) is 12.7 Å². The molecular formula is C21H13ClF4N2. The fraction of sp³-hybridized carbons (Fsp3) is 0.0952. The van der Waals surface area contributed by atoms with Gasteiger partial charge in [-0.15, -0.1) is 0 Å². The van der Waals surface area contributed by atoms with Crippen LogP contribution >= 0.6 is 11.6 Å². The molecule has 0 aliphatic heterocycles. The minimum atomic E-state index is -4.54. The van der Waals surface area contributed by atoms with Crippen LogP contribution in [-0.4, -0.2) is 9.78 Å². The van der Waals surface area contributed by atoms with Gasteiger partial charge in [-0.25, -0.2) is 4.39 Å². The monoisotopic (exact) mass is 404 g/mol. The second-order valence-electron chi connectivity index (χ2n) is 6.31. The Balaban J connectivity index is 1.96. The van der Waals surface area contributed by atoms with Crippen LogP contribution in [0.2, 0.25) is 5.02 Å². The van der Waals surface area contributed by atoms with Crippen molar-refractivity contribution in [3.05, 3.63) is 88.7 Å². The first kappa shape index (κ1) is 18.5. The molecule has 4 aromatic rings. The van der Waals surface area contributed by atoms with Gasteiger partial charge in [-0.05, 0) is 18.2 Å². The smallest absolute Gasteiger partial charge is 0.259 e.